The lowest BCUT2D eigenvalue weighted by atomic mass is 10.1. The van der Waals surface area contributed by atoms with Gasteiger partial charge in [-0.1, -0.05) is 43.2 Å². The second-order valence-corrected chi connectivity index (χ2v) is 4.16. The molecule has 2 heteroatoms. The minimum Gasteiger partial charge on any atom is -0.338 e. The predicted octanol–water partition coefficient (Wildman–Crippen LogP) is 2.79. The van der Waals surface area contributed by atoms with E-state index in [2.05, 4.69) is 30.3 Å². The number of rotatable bonds is 8. The van der Waals surface area contributed by atoms with Crippen molar-refractivity contribution < 1.29 is 4.79 Å². The summed E-state index contributed by atoms with van der Waals surface area (Å²) in [6.45, 7) is 0.828. The van der Waals surface area contributed by atoms with E-state index in [-0.39, 0.29) is 0 Å². The fourth-order valence-corrected chi connectivity index (χ4v) is 1.72. The van der Waals surface area contributed by atoms with Crippen molar-refractivity contribution in [1.29, 1.82) is 0 Å². The van der Waals surface area contributed by atoms with Crippen LogP contribution in [0.4, 0.5) is 0 Å². The topological polar surface area (TPSA) is 20.3 Å². The third-order valence-corrected chi connectivity index (χ3v) is 2.71. The molecule has 1 aromatic carbocycles. The second kappa shape index (κ2) is 7.91. The lowest BCUT2D eigenvalue weighted by Gasteiger charge is -2.08. The molecule has 16 heavy (non-hydrogen) atoms. The molecule has 1 aromatic rings. The second-order valence-electron chi connectivity index (χ2n) is 4.16. The summed E-state index contributed by atoms with van der Waals surface area (Å²) in [5.74, 6) is 0. The van der Waals surface area contributed by atoms with Crippen molar-refractivity contribution >= 4 is 6.41 Å². The molecule has 0 aromatic heterocycles. The molecule has 0 aliphatic rings. The van der Waals surface area contributed by atoms with E-state index in [1.807, 2.05) is 6.41 Å². The van der Waals surface area contributed by atoms with Crippen molar-refractivity contribution in [3.8, 4) is 0 Å². The highest BCUT2D eigenvalue weighted by Gasteiger charge is 1.95. The zero-order valence-corrected chi connectivity index (χ0v) is 9.98. The van der Waals surface area contributed by atoms with Gasteiger partial charge in [0.25, 0.3) is 0 Å². The summed E-state index contributed by atoms with van der Waals surface area (Å²) in [5.41, 5.74) is 1.42. The van der Waals surface area contributed by atoms with Crippen LogP contribution in [0.1, 0.15) is 31.2 Å². The van der Waals surface area contributed by atoms with Crippen LogP contribution in [0, 0.1) is 0 Å². The monoisotopic (exact) mass is 218 g/mol. The number of hydrogen-bond donors (Lipinski definition) is 0. The van der Waals surface area contributed by atoms with Gasteiger partial charge in [0.2, 0.25) is 0 Å². The Balaban J connectivity index is 1.98. The van der Waals surface area contributed by atoms with Gasteiger partial charge in [-0.25, -0.2) is 0 Å². The summed E-state index contributed by atoms with van der Waals surface area (Å²) in [6.07, 6.45) is 7.78. The van der Waals surface area contributed by atoms with Crippen LogP contribution >= 0.6 is 0 Å². The molecule has 0 aliphatic carbocycles. The zero-order chi connectivity index (χ0) is 11.6. The Morgan fingerprint density at radius 2 is 1.75 bits per heavy atom. The molecule has 0 saturated carbocycles. The fourth-order valence-electron chi connectivity index (χ4n) is 1.72. The number of aryl methyl sites for hydroxylation is 1. The van der Waals surface area contributed by atoms with Gasteiger partial charge in [0.05, 0.1) is 0 Å². The Morgan fingerprint density at radius 3 is 2.44 bits per heavy atom. The Kier molecular flexibility index (Phi) is 6.31. The maximum atomic E-state index is 10.2. The van der Waals surface area contributed by atoms with Crippen molar-refractivity contribution in [3.63, 3.8) is 0 Å². The van der Waals surface area contributed by atoms with Crippen LogP contribution in [0.15, 0.2) is 30.3 Å². The third-order valence-electron chi connectivity index (χ3n) is 2.71. The number of benzene rings is 1. The largest absolute Gasteiger partial charge is 0.338 e. The van der Waals surface area contributed by atoms with Crippen LogP contribution in [-0.4, -0.2) is 24.9 Å². The van der Waals surface area contributed by atoms with Gasteiger partial charge in [0.15, 0.2) is 0 Å². The van der Waals surface area contributed by atoms with Gasteiger partial charge in [-0.05, 0) is 24.8 Å². The summed E-state index contributed by atoms with van der Waals surface area (Å²) < 4.78 is 0. The Morgan fingerprint density at radius 1 is 1.06 bits per heavy atom. The van der Waals surface area contributed by atoms with Crippen LogP contribution < -0.4 is 0 Å². The molecule has 0 heterocycles. The first kappa shape index (κ1) is 12.8. The summed E-state index contributed by atoms with van der Waals surface area (Å²) in [5, 5.41) is 0. The third kappa shape index (κ3) is 5.54. The molecule has 0 saturated heterocycles. The summed E-state index contributed by atoms with van der Waals surface area (Å²) >= 11 is 0. The van der Waals surface area contributed by atoms with Gasteiger partial charge in [-0.15, -0.1) is 0 Å². The fraction of sp³-hybridized carbons (Fsp3) is 0.500. The Bertz CT molecular complexity index is 284. The summed E-state index contributed by atoms with van der Waals surface area (Å²) in [4.78, 5) is 11.8. The van der Waals surface area contributed by atoms with Crippen LogP contribution in [0.25, 0.3) is 0 Å². The molecule has 2 nitrogen and oxygen atoms in total. The molecular weight excluding hydrogens is 198 g/mol. The van der Waals surface area contributed by atoms with E-state index in [0.717, 1.165) is 19.4 Å². The first-order valence-corrected chi connectivity index (χ1v) is 5.96. The van der Waals surface area contributed by atoms with Crippen molar-refractivity contribution in [1.82, 2.24) is 4.90 Å². The average molecular weight is 218 g/mol. The van der Waals surface area contributed by atoms with Gasteiger partial charge in [-0.2, -0.15) is 0 Å². The molecule has 0 spiro atoms. The van der Waals surface area contributed by atoms with Crippen molar-refractivity contribution in [2.24, 2.45) is 0 Å². The summed E-state index contributed by atoms with van der Waals surface area (Å²) in [7, 11) is 1.77. The highest BCUT2D eigenvalue weighted by atomic mass is 16.1. The molecule has 0 atom stereocenters. The lowest BCUT2D eigenvalue weighted by molar-refractivity contribution is 0.419. The molecule has 0 fully saturated rings. The minimum atomic E-state index is 0.828. The highest BCUT2D eigenvalue weighted by Crippen LogP contribution is 2.07. The highest BCUT2D eigenvalue weighted by molar-refractivity contribution is 5.47. The normalized spacial score (nSPS) is 10.1. The molecule has 1 radical (unpaired) electrons. The molecule has 0 N–H and O–H groups in total. The van der Waals surface area contributed by atoms with Crippen molar-refractivity contribution in [2.45, 2.75) is 32.1 Å². The maximum absolute atomic E-state index is 10.2. The number of nitrogens with zero attached hydrogens (tertiary/aromatic N) is 1. The molecule has 87 valence electrons. The van der Waals surface area contributed by atoms with Crippen LogP contribution in [0.2, 0.25) is 0 Å². The predicted molar refractivity (Wildman–Crippen MR) is 66.9 cm³/mol. The first-order chi connectivity index (χ1) is 7.83. The quantitative estimate of drug-likeness (QED) is 0.485. The van der Waals surface area contributed by atoms with E-state index < -0.39 is 0 Å². The van der Waals surface area contributed by atoms with Crippen LogP contribution in [0.5, 0.6) is 0 Å². The van der Waals surface area contributed by atoms with E-state index in [9.17, 15) is 4.79 Å². The molecule has 1 amide bonds. The number of carbonyl (C=O) groups excluding carboxylic acids is 1. The van der Waals surface area contributed by atoms with Gasteiger partial charge < -0.3 is 4.90 Å². The SMILES string of the molecule is CN([C]=O)CCCCCCc1ccccc1. The molecule has 0 unspecified atom stereocenters. The number of hydrogen-bond acceptors (Lipinski definition) is 1. The molecule has 0 aliphatic heterocycles. The smallest absolute Gasteiger partial charge is 0.311 e. The zero-order valence-electron chi connectivity index (χ0n) is 9.98. The van der Waals surface area contributed by atoms with Gasteiger partial charge in [-0.3, -0.25) is 4.79 Å². The minimum absolute atomic E-state index is 0.828. The van der Waals surface area contributed by atoms with Crippen LogP contribution in [-0.2, 0) is 11.2 Å². The molecular formula is C14H20NO. The van der Waals surface area contributed by atoms with E-state index in [1.165, 1.54) is 24.8 Å². The van der Waals surface area contributed by atoms with E-state index in [0.29, 0.717) is 0 Å². The van der Waals surface area contributed by atoms with E-state index in [1.54, 1.807) is 11.9 Å². The molecule has 0 bridgehead atoms. The first-order valence-electron chi connectivity index (χ1n) is 5.96. The van der Waals surface area contributed by atoms with Gasteiger partial charge >= 0.3 is 6.41 Å². The van der Waals surface area contributed by atoms with Crippen molar-refractivity contribution in [3.05, 3.63) is 35.9 Å². The number of amides is 1. The molecule has 1 rings (SSSR count). The maximum Gasteiger partial charge on any atom is 0.311 e. The van der Waals surface area contributed by atoms with Crippen LogP contribution in [0.3, 0.4) is 0 Å². The number of unbranched alkanes of at least 4 members (excludes halogenated alkanes) is 3. The van der Waals surface area contributed by atoms with Crippen molar-refractivity contribution in [2.75, 3.05) is 13.6 Å². The standard InChI is InChI=1S/C14H20NO/c1-15(13-16)12-8-3-2-5-9-14-10-6-4-7-11-14/h4,6-7,10-11H,2-3,5,8-9,12H2,1H3. The lowest BCUT2D eigenvalue weighted by Crippen LogP contribution is -2.16. The Labute approximate surface area is 98.3 Å². The average Bonchev–Trinajstić information content (AvgIpc) is 2.34. The summed E-state index contributed by atoms with van der Waals surface area (Å²) in [6, 6.07) is 10.6. The van der Waals surface area contributed by atoms with Gasteiger partial charge in [0.1, 0.15) is 0 Å². The Hall–Kier alpha value is -1.31. The van der Waals surface area contributed by atoms with Gasteiger partial charge in [0, 0.05) is 13.6 Å². The van der Waals surface area contributed by atoms with E-state index >= 15 is 0 Å². The van der Waals surface area contributed by atoms with E-state index in [4.69, 9.17) is 0 Å².